The first kappa shape index (κ1) is 52.8. The number of unbranched alkanes of at least 4 members (excludes halogenated alkanes) is 13. The number of hydrogen-bond acceptors (Lipinski definition) is 19. The van der Waals surface area contributed by atoms with Crippen LogP contribution in [0.15, 0.2) is 0 Å². The maximum Gasteiger partial charge on any atom is 0.472 e. The molecule has 2 saturated heterocycles. The summed E-state index contributed by atoms with van der Waals surface area (Å²) in [6, 6.07) is 0. The molecular weight excluding hydrogens is 807 g/mol. The number of aliphatic hydroxyl groups is 11. The molecule has 2 heterocycles. The Kier molecular flexibility index (Phi) is 24.1. The van der Waals surface area contributed by atoms with E-state index >= 15 is 0 Å². The fraction of sp³-hybridized carbons (Fsp3) is 1.00. The largest absolute Gasteiger partial charge is 0.472 e. The fourth-order valence-electron chi connectivity index (χ4n) is 7.46. The lowest BCUT2D eigenvalue weighted by Crippen LogP contribution is -2.69. The Balaban J connectivity index is 1.63. The molecule has 3 rings (SSSR count). The van der Waals surface area contributed by atoms with Crippen molar-refractivity contribution in [3.8, 4) is 0 Å². The molecule has 3 fully saturated rings. The first-order valence-corrected chi connectivity index (χ1v) is 22.8. The highest BCUT2D eigenvalue weighted by Crippen LogP contribution is 2.48. The SMILES string of the molecule is CCCCCCCCCCCCCCCCO[C@H](CC)COP(=O)(O)OC1C(O[C@@H]2OC(CO)[C@H](O)[C@H](O)C2O)C(O)C(O)[C@H](O)C1O[C@H]1OC(CO)[C@@H](O)C(O)[C@H]1O. The van der Waals surface area contributed by atoms with Crippen LogP contribution in [0.5, 0.6) is 0 Å². The Labute approximate surface area is 346 Å². The van der Waals surface area contributed by atoms with Crippen LogP contribution in [-0.4, -0.2) is 192 Å². The van der Waals surface area contributed by atoms with Crippen molar-refractivity contribution in [1.29, 1.82) is 0 Å². The van der Waals surface area contributed by atoms with Gasteiger partial charge in [0.15, 0.2) is 12.6 Å². The zero-order valence-corrected chi connectivity index (χ0v) is 35.2. The topological polar surface area (TPSA) is 324 Å². The Hall–Kier alpha value is -0.530. The Morgan fingerprint density at radius 2 is 0.915 bits per heavy atom. The van der Waals surface area contributed by atoms with Crippen LogP contribution < -0.4 is 0 Å². The summed E-state index contributed by atoms with van der Waals surface area (Å²) >= 11 is 0. The third-order valence-corrected chi connectivity index (χ3v) is 12.3. The maximum atomic E-state index is 13.5. The van der Waals surface area contributed by atoms with Crippen LogP contribution in [-0.2, 0) is 37.3 Å². The lowest BCUT2D eigenvalue weighted by molar-refractivity contribution is -0.360. The molecule has 10 unspecified atom stereocenters. The summed E-state index contributed by atoms with van der Waals surface area (Å²) in [5, 5.41) is 115. The van der Waals surface area contributed by atoms with Crippen molar-refractivity contribution in [2.24, 2.45) is 0 Å². The van der Waals surface area contributed by atoms with Crippen molar-refractivity contribution >= 4 is 7.82 Å². The summed E-state index contributed by atoms with van der Waals surface area (Å²) in [5.74, 6) is 0. The highest BCUT2D eigenvalue weighted by atomic mass is 31.2. The van der Waals surface area contributed by atoms with Gasteiger partial charge in [0.25, 0.3) is 0 Å². The van der Waals surface area contributed by atoms with Crippen molar-refractivity contribution in [2.45, 2.75) is 214 Å². The first-order valence-electron chi connectivity index (χ1n) is 21.4. The molecule has 0 amide bonds. The van der Waals surface area contributed by atoms with Crippen molar-refractivity contribution in [1.82, 2.24) is 0 Å². The summed E-state index contributed by atoms with van der Waals surface area (Å²) in [4.78, 5) is 11.0. The highest BCUT2D eigenvalue weighted by Gasteiger charge is 2.58. The highest BCUT2D eigenvalue weighted by molar-refractivity contribution is 7.47. The van der Waals surface area contributed by atoms with Gasteiger partial charge in [0.1, 0.15) is 85.5 Å². The van der Waals surface area contributed by atoms with Crippen molar-refractivity contribution in [2.75, 3.05) is 26.4 Å². The van der Waals surface area contributed by atoms with Crippen molar-refractivity contribution in [3.63, 3.8) is 0 Å². The minimum absolute atomic E-state index is 0.361. The van der Waals surface area contributed by atoms with E-state index in [4.69, 9.17) is 32.7 Å². The second kappa shape index (κ2) is 26.9. The normalized spacial score (nSPS) is 38.3. The van der Waals surface area contributed by atoms with E-state index in [0.29, 0.717) is 13.0 Å². The van der Waals surface area contributed by atoms with Crippen molar-refractivity contribution < 1.29 is 98.4 Å². The van der Waals surface area contributed by atoms with E-state index in [1.165, 1.54) is 64.2 Å². The van der Waals surface area contributed by atoms with E-state index in [2.05, 4.69) is 6.92 Å². The van der Waals surface area contributed by atoms with E-state index in [0.717, 1.165) is 25.7 Å². The minimum atomic E-state index is -5.28. The fourth-order valence-corrected chi connectivity index (χ4v) is 8.43. The standard InChI is InChI=1S/C38H73O20P/c1-3-5-6-7-8-9-10-11-12-13-14-15-16-17-18-52-22(4-2)21-53-59(50,51)58-36-34(56-37-32(48)27(43)25(41)23(19-39)54-37)30(46)29(45)31(47)35(36)57-38-33(49)28(44)26(42)24(20-40)55-38/h22-49H,3-21H2,1-2H3,(H,50,51)/t22-,23?,24?,25-,26+,27?,28+,29?,30+,31?,32-,33?,34?,35?,36?,37-,38+/m1/s1. The zero-order valence-electron chi connectivity index (χ0n) is 34.3. The number of aliphatic hydroxyl groups excluding tert-OH is 11. The Morgan fingerprint density at radius 1 is 0.525 bits per heavy atom. The molecule has 2 aliphatic heterocycles. The van der Waals surface area contributed by atoms with E-state index in [1.807, 2.05) is 0 Å². The van der Waals surface area contributed by atoms with Crippen LogP contribution in [0.4, 0.5) is 0 Å². The van der Waals surface area contributed by atoms with Gasteiger partial charge < -0.3 is 84.7 Å². The summed E-state index contributed by atoms with van der Waals surface area (Å²) in [7, 11) is -5.28. The molecule has 1 aliphatic carbocycles. The van der Waals surface area contributed by atoms with Gasteiger partial charge in [-0.2, -0.15) is 0 Å². The molecule has 18 atom stereocenters. The third kappa shape index (κ3) is 15.9. The van der Waals surface area contributed by atoms with E-state index < -0.39 is 132 Å². The maximum absolute atomic E-state index is 13.5. The molecule has 0 spiro atoms. The van der Waals surface area contributed by atoms with Crippen LogP contribution in [0.25, 0.3) is 0 Å². The molecule has 0 aromatic heterocycles. The monoisotopic (exact) mass is 880 g/mol. The van der Waals surface area contributed by atoms with Crippen LogP contribution in [0, 0.1) is 0 Å². The molecule has 59 heavy (non-hydrogen) atoms. The van der Waals surface area contributed by atoms with Gasteiger partial charge in [0, 0.05) is 6.61 Å². The average molecular weight is 881 g/mol. The molecule has 12 N–H and O–H groups in total. The quantitative estimate of drug-likeness (QED) is 0.0339. The lowest BCUT2D eigenvalue weighted by Gasteiger charge is -2.49. The lowest BCUT2D eigenvalue weighted by atomic mass is 9.84. The van der Waals surface area contributed by atoms with Gasteiger partial charge in [-0.3, -0.25) is 9.05 Å². The second-order valence-corrected chi connectivity index (χ2v) is 17.3. The van der Waals surface area contributed by atoms with E-state index in [-0.39, 0.29) is 0 Å². The molecule has 20 nitrogen and oxygen atoms in total. The molecule has 0 bridgehead atoms. The summed E-state index contributed by atoms with van der Waals surface area (Å²) in [6.07, 6.45) is -15.3. The van der Waals surface area contributed by atoms with Gasteiger partial charge in [0.2, 0.25) is 0 Å². The number of phosphoric acid groups is 1. The average Bonchev–Trinajstić information content (AvgIpc) is 3.22. The van der Waals surface area contributed by atoms with Gasteiger partial charge in [-0.15, -0.1) is 0 Å². The van der Waals surface area contributed by atoms with Gasteiger partial charge in [-0.05, 0) is 12.8 Å². The van der Waals surface area contributed by atoms with Gasteiger partial charge in [0.05, 0.1) is 25.9 Å². The molecule has 350 valence electrons. The number of hydrogen-bond donors (Lipinski definition) is 12. The zero-order chi connectivity index (χ0) is 43.7. The number of phosphoric ester groups is 1. The molecule has 1 saturated carbocycles. The van der Waals surface area contributed by atoms with Gasteiger partial charge in [-0.25, -0.2) is 4.57 Å². The Morgan fingerprint density at radius 3 is 1.31 bits per heavy atom. The van der Waals surface area contributed by atoms with Gasteiger partial charge in [-0.1, -0.05) is 97.3 Å². The summed E-state index contributed by atoms with van der Waals surface area (Å²) in [5.41, 5.74) is 0. The van der Waals surface area contributed by atoms with Crippen LogP contribution in [0.1, 0.15) is 110 Å². The van der Waals surface area contributed by atoms with Gasteiger partial charge >= 0.3 is 7.82 Å². The first-order chi connectivity index (χ1) is 28.1. The smallest absolute Gasteiger partial charge is 0.394 e. The Bertz CT molecular complexity index is 1120. The van der Waals surface area contributed by atoms with E-state index in [1.54, 1.807) is 6.92 Å². The second-order valence-electron chi connectivity index (χ2n) is 15.9. The molecule has 0 aromatic carbocycles. The summed E-state index contributed by atoms with van der Waals surface area (Å²) < 4.78 is 52.2. The third-order valence-electron chi connectivity index (χ3n) is 11.3. The summed E-state index contributed by atoms with van der Waals surface area (Å²) in [6.45, 7) is 2.15. The molecule has 0 radical (unpaired) electrons. The van der Waals surface area contributed by atoms with Crippen LogP contribution >= 0.6 is 7.82 Å². The predicted octanol–water partition coefficient (Wildman–Crippen LogP) is -0.768. The van der Waals surface area contributed by atoms with Crippen LogP contribution in [0.2, 0.25) is 0 Å². The number of rotatable bonds is 28. The molecular formula is C38H73O20P. The molecule has 3 aliphatic rings. The van der Waals surface area contributed by atoms with Crippen molar-refractivity contribution in [3.05, 3.63) is 0 Å². The molecule has 0 aromatic rings. The minimum Gasteiger partial charge on any atom is -0.394 e. The number of ether oxygens (including phenoxy) is 5. The predicted molar refractivity (Wildman–Crippen MR) is 206 cm³/mol. The van der Waals surface area contributed by atoms with Crippen LogP contribution in [0.3, 0.4) is 0 Å². The molecule has 21 heteroatoms. The van der Waals surface area contributed by atoms with E-state index in [9.17, 15) is 65.6 Å².